The fourth-order valence-electron chi connectivity index (χ4n) is 4.26. The number of nitrogens with one attached hydrogen (secondary N) is 1. The van der Waals surface area contributed by atoms with Gasteiger partial charge < -0.3 is 15.0 Å². The Bertz CT molecular complexity index is 1010. The van der Waals surface area contributed by atoms with Gasteiger partial charge >= 0.3 is 0 Å². The molecule has 1 saturated heterocycles. The summed E-state index contributed by atoms with van der Waals surface area (Å²) in [5.41, 5.74) is 1.88. The molecule has 2 fully saturated rings. The van der Waals surface area contributed by atoms with E-state index in [9.17, 15) is 9.59 Å². The Labute approximate surface area is 198 Å². The Morgan fingerprint density at radius 1 is 1.22 bits per heavy atom. The first kappa shape index (κ1) is 22.7. The lowest BCUT2D eigenvalue weighted by molar-refractivity contribution is -0.135. The van der Waals surface area contributed by atoms with Gasteiger partial charge in [0.15, 0.2) is 0 Å². The quantitative estimate of drug-likeness (QED) is 0.610. The number of methoxy groups -OCH3 is 1. The molecule has 2 aromatic rings. The van der Waals surface area contributed by atoms with E-state index in [-0.39, 0.29) is 24.4 Å². The van der Waals surface area contributed by atoms with Gasteiger partial charge in [-0.15, -0.1) is 11.8 Å². The molecule has 32 heavy (non-hydrogen) atoms. The Hall–Kier alpha value is -2.44. The second-order valence-corrected chi connectivity index (χ2v) is 9.85. The fourth-order valence-corrected chi connectivity index (χ4v) is 5.94. The number of amides is 2. The minimum atomic E-state index is -0.146. The lowest BCUT2D eigenvalue weighted by Crippen LogP contribution is -2.54. The summed E-state index contributed by atoms with van der Waals surface area (Å²) in [5, 5.41) is 3.91. The maximum atomic E-state index is 13.4. The zero-order chi connectivity index (χ0) is 22.5. The highest BCUT2D eigenvalue weighted by Crippen LogP contribution is 2.42. The minimum Gasteiger partial charge on any atom is -0.497 e. The third kappa shape index (κ3) is 5.48. The number of benzene rings is 2. The number of hydrogen-bond donors (Lipinski definition) is 1. The van der Waals surface area contributed by atoms with Crippen molar-refractivity contribution in [2.45, 2.75) is 43.5 Å². The highest BCUT2D eigenvalue weighted by atomic mass is 35.5. The van der Waals surface area contributed by atoms with Gasteiger partial charge in [0, 0.05) is 22.9 Å². The predicted octanol–water partition coefficient (Wildman–Crippen LogP) is 4.89. The van der Waals surface area contributed by atoms with Crippen molar-refractivity contribution < 1.29 is 14.3 Å². The molecule has 1 aliphatic carbocycles. The number of ether oxygens (including phenoxy) is 1. The van der Waals surface area contributed by atoms with Crippen molar-refractivity contribution in [2.24, 2.45) is 0 Å². The Morgan fingerprint density at radius 2 is 2.00 bits per heavy atom. The second kappa shape index (κ2) is 10.5. The molecule has 2 atom stereocenters. The zero-order valence-electron chi connectivity index (χ0n) is 18.1. The molecule has 168 valence electrons. The molecule has 0 bridgehead atoms. The summed E-state index contributed by atoms with van der Waals surface area (Å²) in [6, 6.07) is 15.2. The van der Waals surface area contributed by atoms with Crippen LogP contribution in [0.2, 0.25) is 5.02 Å². The molecular formula is C25H27ClN2O3S. The van der Waals surface area contributed by atoms with Crippen LogP contribution < -0.4 is 10.1 Å². The average Bonchev–Trinajstić information content (AvgIpc) is 2.81. The van der Waals surface area contributed by atoms with Gasteiger partial charge in [0.1, 0.15) is 12.3 Å². The summed E-state index contributed by atoms with van der Waals surface area (Å²) in [6.45, 7) is 0.489. The van der Waals surface area contributed by atoms with E-state index in [1.165, 1.54) is 0 Å². The SMILES string of the molecule is COc1ccc(CNC(=O)CN2C(=O)/C(=C\c3cccc(Cl)c3)SC3CCCCC32)cc1. The zero-order valence-corrected chi connectivity index (χ0v) is 19.6. The third-order valence-electron chi connectivity index (χ3n) is 5.93. The molecule has 1 N–H and O–H groups in total. The van der Waals surface area contributed by atoms with Crippen molar-refractivity contribution in [1.29, 1.82) is 0 Å². The molecule has 2 amide bonds. The van der Waals surface area contributed by atoms with E-state index in [1.54, 1.807) is 23.8 Å². The van der Waals surface area contributed by atoms with Crippen LogP contribution in [0.3, 0.4) is 0 Å². The molecular weight excluding hydrogens is 444 g/mol. The van der Waals surface area contributed by atoms with Crippen LogP contribution in [0.4, 0.5) is 0 Å². The molecule has 1 saturated carbocycles. The minimum absolute atomic E-state index is 0.0716. The van der Waals surface area contributed by atoms with E-state index in [2.05, 4.69) is 5.32 Å². The van der Waals surface area contributed by atoms with Gasteiger partial charge in [0.25, 0.3) is 5.91 Å². The van der Waals surface area contributed by atoms with Crippen LogP contribution in [0, 0.1) is 0 Å². The highest BCUT2D eigenvalue weighted by molar-refractivity contribution is 8.04. The molecule has 4 rings (SSSR count). The van der Waals surface area contributed by atoms with Crippen molar-refractivity contribution in [1.82, 2.24) is 10.2 Å². The van der Waals surface area contributed by atoms with Gasteiger partial charge in [-0.1, -0.05) is 48.7 Å². The van der Waals surface area contributed by atoms with Crippen molar-refractivity contribution in [3.05, 3.63) is 69.6 Å². The van der Waals surface area contributed by atoms with Crippen LogP contribution in [-0.4, -0.2) is 41.7 Å². The monoisotopic (exact) mass is 470 g/mol. The van der Waals surface area contributed by atoms with E-state index < -0.39 is 0 Å². The summed E-state index contributed by atoms with van der Waals surface area (Å²) in [6.07, 6.45) is 6.14. The van der Waals surface area contributed by atoms with Crippen LogP contribution in [0.15, 0.2) is 53.4 Å². The van der Waals surface area contributed by atoms with Crippen LogP contribution in [0.1, 0.15) is 36.8 Å². The number of halogens is 1. The molecule has 1 aliphatic heterocycles. The first-order valence-corrected chi connectivity index (χ1v) is 12.1. The summed E-state index contributed by atoms with van der Waals surface area (Å²) in [7, 11) is 1.62. The van der Waals surface area contributed by atoms with Gasteiger partial charge in [0.05, 0.1) is 12.0 Å². The van der Waals surface area contributed by atoms with E-state index in [0.717, 1.165) is 42.6 Å². The number of nitrogens with zero attached hydrogens (tertiary/aromatic N) is 1. The smallest absolute Gasteiger partial charge is 0.261 e. The molecule has 0 radical (unpaired) electrons. The lowest BCUT2D eigenvalue weighted by atomic mass is 9.93. The number of thioether (sulfide) groups is 1. The van der Waals surface area contributed by atoms with Gasteiger partial charge in [-0.05, 0) is 54.3 Å². The third-order valence-corrected chi connectivity index (χ3v) is 7.56. The topological polar surface area (TPSA) is 58.6 Å². The maximum Gasteiger partial charge on any atom is 0.261 e. The molecule has 1 heterocycles. The molecule has 2 unspecified atom stereocenters. The van der Waals surface area contributed by atoms with Gasteiger partial charge in [0.2, 0.25) is 5.91 Å². The van der Waals surface area contributed by atoms with Crippen LogP contribution >= 0.6 is 23.4 Å². The fraction of sp³-hybridized carbons (Fsp3) is 0.360. The Balaban J connectivity index is 1.46. The maximum absolute atomic E-state index is 13.4. The average molecular weight is 471 g/mol. The molecule has 0 spiro atoms. The van der Waals surface area contributed by atoms with Crippen LogP contribution in [0.5, 0.6) is 5.75 Å². The summed E-state index contributed by atoms with van der Waals surface area (Å²) >= 11 is 7.77. The van der Waals surface area contributed by atoms with Crippen molar-refractivity contribution in [2.75, 3.05) is 13.7 Å². The first-order chi connectivity index (χ1) is 15.5. The highest BCUT2D eigenvalue weighted by Gasteiger charge is 2.41. The molecule has 0 aromatic heterocycles. The molecule has 2 aromatic carbocycles. The number of hydrogen-bond acceptors (Lipinski definition) is 4. The van der Waals surface area contributed by atoms with E-state index in [1.807, 2.05) is 54.6 Å². The first-order valence-electron chi connectivity index (χ1n) is 10.9. The lowest BCUT2D eigenvalue weighted by Gasteiger charge is -2.43. The van der Waals surface area contributed by atoms with Gasteiger partial charge in [-0.3, -0.25) is 9.59 Å². The number of rotatable bonds is 6. The van der Waals surface area contributed by atoms with Gasteiger partial charge in [-0.2, -0.15) is 0 Å². The second-order valence-electron chi connectivity index (χ2n) is 8.13. The van der Waals surface area contributed by atoms with E-state index in [4.69, 9.17) is 16.3 Å². The summed E-state index contributed by atoms with van der Waals surface area (Å²) in [4.78, 5) is 28.6. The van der Waals surface area contributed by atoms with Crippen LogP contribution in [0.25, 0.3) is 6.08 Å². The Morgan fingerprint density at radius 3 is 2.75 bits per heavy atom. The molecule has 2 aliphatic rings. The summed E-state index contributed by atoms with van der Waals surface area (Å²) < 4.78 is 5.17. The largest absolute Gasteiger partial charge is 0.497 e. The Kier molecular flexibility index (Phi) is 7.43. The normalized spacial score (nSPS) is 21.9. The van der Waals surface area contributed by atoms with Gasteiger partial charge in [-0.25, -0.2) is 0 Å². The number of carbonyl (C=O) groups excluding carboxylic acids is 2. The van der Waals surface area contributed by atoms with E-state index in [0.29, 0.717) is 21.7 Å². The predicted molar refractivity (Wildman–Crippen MR) is 130 cm³/mol. The van der Waals surface area contributed by atoms with E-state index >= 15 is 0 Å². The number of carbonyl (C=O) groups is 2. The van der Waals surface area contributed by atoms with Crippen LogP contribution in [-0.2, 0) is 16.1 Å². The molecule has 5 nitrogen and oxygen atoms in total. The van der Waals surface area contributed by atoms with Crippen molar-refractivity contribution >= 4 is 41.3 Å². The molecule has 7 heteroatoms. The summed E-state index contributed by atoms with van der Waals surface area (Å²) in [5.74, 6) is 0.559. The standard InChI is InChI=1S/C25H27ClN2O3S/c1-31-20-11-9-17(10-12-20)15-27-24(29)16-28-21-7-2-3-8-22(21)32-23(25(28)30)14-18-5-4-6-19(26)13-18/h4-6,9-14,21-22H,2-3,7-8,15-16H2,1H3,(H,27,29)/b23-14+. The van der Waals surface area contributed by atoms with Crippen molar-refractivity contribution in [3.63, 3.8) is 0 Å². The number of fused-ring (bicyclic) bond motifs is 1. The van der Waals surface area contributed by atoms with Crippen molar-refractivity contribution in [3.8, 4) is 5.75 Å².